The van der Waals surface area contributed by atoms with Crippen molar-refractivity contribution in [1.82, 2.24) is 15.0 Å². The molecule has 0 aliphatic carbocycles. The van der Waals surface area contributed by atoms with E-state index in [1.165, 1.54) is 5.56 Å². The number of nitrogens with zero attached hydrogens (tertiary/aromatic N) is 3. The molecular weight excluding hydrogens is 330 g/mol. The van der Waals surface area contributed by atoms with E-state index < -0.39 is 0 Å². The average molecular weight is 351 g/mol. The Bertz CT molecular complexity index is 850. The number of rotatable bonds is 5. The van der Waals surface area contributed by atoms with Gasteiger partial charge in [-0.3, -0.25) is 4.90 Å². The van der Waals surface area contributed by atoms with Gasteiger partial charge in [-0.25, -0.2) is 0 Å². The van der Waals surface area contributed by atoms with Crippen LogP contribution in [0, 0.1) is 0 Å². The van der Waals surface area contributed by atoms with E-state index in [1.807, 2.05) is 42.5 Å². The number of hydrogen-bond donors (Lipinski definition) is 0. The number of methoxy groups -OCH3 is 1. The van der Waals surface area contributed by atoms with E-state index in [2.05, 4.69) is 27.2 Å². The van der Waals surface area contributed by atoms with Crippen LogP contribution in [0.3, 0.4) is 0 Å². The fourth-order valence-electron chi connectivity index (χ4n) is 3.11. The van der Waals surface area contributed by atoms with E-state index in [0.29, 0.717) is 24.9 Å². The van der Waals surface area contributed by atoms with E-state index in [1.54, 1.807) is 7.11 Å². The highest BCUT2D eigenvalue weighted by Gasteiger charge is 2.23. The second-order valence-corrected chi connectivity index (χ2v) is 6.25. The van der Waals surface area contributed by atoms with E-state index in [4.69, 9.17) is 14.0 Å². The van der Waals surface area contributed by atoms with Crippen LogP contribution in [0.15, 0.2) is 59.1 Å². The number of hydrogen-bond acceptors (Lipinski definition) is 6. The van der Waals surface area contributed by atoms with Gasteiger partial charge >= 0.3 is 0 Å². The normalized spacial score (nSPS) is 18.0. The van der Waals surface area contributed by atoms with Crippen molar-refractivity contribution in [3.8, 4) is 17.1 Å². The summed E-state index contributed by atoms with van der Waals surface area (Å²) in [6, 6.07) is 17.9. The quantitative estimate of drug-likeness (QED) is 0.703. The summed E-state index contributed by atoms with van der Waals surface area (Å²) in [6.07, 6.45) is 0.0747. The monoisotopic (exact) mass is 351 g/mol. The first-order valence-electron chi connectivity index (χ1n) is 8.68. The molecule has 6 nitrogen and oxygen atoms in total. The lowest BCUT2D eigenvalue weighted by molar-refractivity contribution is -0.0355. The summed E-state index contributed by atoms with van der Waals surface area (Å²) in [5.74, 6) is 1.95. The molecule has 134 valence electrons. The summed E-state index contributed by atoms with van der Waals surface area (Å²) < 4.78 is 16.6. The summed E-state index contributed by atoms with van der Waals surface area (Å²) in [5.41, 5.74) is 2.07. The SMILES string of the molecule is COc1cccc(-c2noc(CN3CCOC(c4ccccc4)C3)n2)c1. The summed E-state index contributed by atoms with van der Waals surface area (Å²) in [5, 5.41) is 4.10. The molecular formula is C20H21N3O3. The van der Waals surface area contributed by atoms with Crippen molar-refractivity contribution >= 4 is 0 Å². The van der Waals surface area contributed by atoms with E-state index in [0.717, 1.165) is 24.4 Å². The van der Waals surface area contributed by atoms with Gasteiger partial charge in [0.25, 0.3) is 0 Å². The molecule has 1 aromatic heterocycles. The number of ether oxygens (including phenoxy) is 2. The van der Waals surface area contributed by atoms with Crippen molar-refractivity contribution in [1.29, 1.82) is 0 Å². The van der Waals surface area contributed by atoms with E-state index in [9.17, 15) is 0 Å². The van der Waals surface area contributed by atoms with Crippen molar-refractivity contribution in [3.05, 3.63) is 66.1 Å². The highest BCUT2D eigenvalue weighted by molar-refractivity contribution is 5.56. The Morgan fingerprint density at radius 3 is 2.88 bits per heavy atom. The zero-order valence-electron chi connectivity index (χ0n) is 14.7. The first kappa shape index (κ1) is 16.8. The van der Waals surface area contributed by atoms with Crippen LogP contribution in [0.2, 0.25) is 0 Å². The standard InChI is InChI=1S/C20H21N3O3/c1-24-17-9-5-8-16(12-17)20-21-19(26-22-20)14-23-10-11-25-18(13-23)15-6-3-2-4-7-15/h2-9,12,18H,10-11,13-14H2,1H3. The molecule has 2 heterocycles. The predicted octanol–water partition coefficient (Wildman–Crippen LogP) is 3.32. The Kier molecular flexibility index (Phi) is 4.95. The van der Waals surface area contributed by atoms with Gasteiger partial charge in [0, 0.05) is 18.7 Å². The second kappa shape index (κ2) is 7.68. The molecule has 0 saturated carbocycles. The topological polar surface area (TPSA) is 60.6 Å². The van der Waals surface area contributed by atoms with Gasteiger partial charge in [-0.2, -0.15) is 4.98 Å². The zero-order chi connectivity index (χ0) is 17.8. The fourth-order valence-corrected chi connectivity index (χ4v) is 3.11. The Labute approximate surface area is 152 Å². The molecule has 0 amide bonds. The molecule has 0 spiro atoms. The van der Waals surface area contributed by atoms with Gasteiger partial charge in [0.05, 0.1) is 26.4 Å². The molecule has 1 aliphatic heterocycles. The Morgan fingerprint density at radius 2 is 2.04 bits per heavy atom. The first-order chi connectivity index (χ1) is 12.8. The third-order valence-corrected chi connectivity index (χ3v) is 4.48. The summed E-state index contributed by atoms with van der Waals surface area (Å²) >= 11 is 0. The Balaban J connectivity index is 1.43. The predicted molar refractivity (Wildman–Crippen MR) is 96.7 cm³/mol. The van der Waals surface area contributed by atoms with Crippen molar-refractivity contribution in [3.63, 3.8) is 0 Å². The molecule has 0 N–H and O–H groups in total. The fraction of sp³-hybridized carbons (Fsp3) is 0.300. The third-order valence-electron chi connectivity index (χ3n) is 4.48. The summed E-state index contributed by atoms with van der Waals surface area (Å²) in [4.78, 5) is 6.81. The summed E-state index contributed by atoms with van der Waals surface area (Å²) in [7, 11) is 1.64. The van der Waals surface area contributed by atoms with E-state index >= 15 is 0 Å². The van der Waals surface area contributed by atoms with Gasteiger partial charge in [0.2, 0.25) is 11.7 Å². The van der Waals surface area contributed by atoms with Crippen molar-refractivity contribution in [2.75, 3.05) is 26.8 Å². The molecule has 4 rings (SSSR count). The van der Waals surface area contributed by atoms with Crippen LogP contribution >= 0.6 is 0 Å². The Hall–Kier alpha value is -2.70. The molecule has 6 heteroatoms. The van der Waals surface area contributed by atoms with Crippen LogP contribution in [-0.4, -0.2) is 41.8 Å². The lowest BCUT2D eigenvalue weighted by atomic mass is 10.1. The van der Waals surface area contributed by atoms with Gasteiger partial charge in [0.15, 0.2) is 0 Å². The smallest absolute Gasteiger partial charge is 0.241 e. The van der Waals surface area contributed by atoms with Gasteiger partial charge in [-0.1, -0.05) is 47.6 Å². The van der Waals surface area contributed by atoms with Gasteiger partial charge in [-0.05, 0) is 17.7 Å². The third kappa shape index (κ3) is 3.76. The minimum absolute atomic E-state index is 0.0747. The maximum atomic E-state index is 5.91. The molecule has 2 aromatic carbocycles. The maximum absolute atomic E-state index is 5.91. The molecule has 1 aliphatic rings. The molecule has 1 unspecified atom stereocenters. The minimum Gasteiger partial charge on any atom is -0.497 e. The number of benzene rings is 2. The van der Waals surface area contributed by atoms with Crippen LogP contribution in [0.5, 0.6) is 5.75 Å². The molecule has 1 saturated heterocycles. The van der Waals surface area contributed by atoms with Gasteiger partial charge in [-0.15, -0.1) is 0 Å². The highest BCUT2D eigenvalue weighted by Crippen LogP contribution is 2.24. The molecule has 0 bridgehead atoms. The van der Waals surface area contributed by atoms with Crippen molar-refractivity contribution in [2.24, 2.45) is 0 Å². The van der Waals surface area contributed by atoms with Crippen LogP contribution in [0.25, 0.3) is 11.4 Å². The van der Waals surface area contributed by atoms with Crippen LogP contribution in [0.1, 0.15) is 17.6 Å². The molecule has 0 radical (unpaired) electrons. The highest BCUT2D eigenvalue weighted by atomic mass is 16.5. The van der Waals surface area contributed by atoms with E-state index in [-0.39, 0.29) is 6.10 Å². The largest absolute Gasteiger partial charge is 0.497 e. The Morgan fingerprint density at radius 1 is 1.15 bits per heavy atom. The molecule has 1 fully saturated rings. The molecule has 3 aromatic rings. The first-order valence-corrected chi connectivity index (χ1v) is 8.68. The second-order valence-electron chi connectivity index (χ2n) is 6.25. The van der Waals surface area contributed by atoms with Gasteiger partial charge in [0.1, 0.15) is 5.75 Å². The van der Waals surface area contributed by atoms with Crippen LogP contribution in [-0.2, 0) is 11.3 Å². The summed E-state index contributed by atoms with van der Waals surface area (Å²) in [6.45, 7) is 2.96. The lowest BCUT2D eigenvalue weighted by Gasteiger charge is -2.32. The molecule has 1 atom stereocenters. The zero-order valence-corrected chi connectivity index (χ0v) is 14.7. The maximum Gasteiger partial charge on any atom is 0.241 e. The lowest BCUT2D eigenvalue weighted by Crippen LogP contribution is -2.37. The number of morpholine rings is 1. The van der Waals surface area contributed by atoms with Crippen molar-refractivity contribution in [2.45, 2.75) is 12.6 Å². The van der Waals surface area contributed by atoms with Crippen LogP contribution < -0.4 is 4.74 Å². The van der Waals surface area contributed by atoms with Crippen molar-refractivity contribution < 1.29 is 14.0 Å². The van der Waals surface area contributed by atoms with Crippen LogP contribution in [0.4, 0.5) is 0 Å². The average Bonchev–Trinajstić information content (AvgIpc) is 3.17. The van der Waals surface area contributed by atoms with Gasteiger partial charge < -0.3 is 14.0 Å². The molecule has 26 heavy (non-hydrogen) atoms. The minimum atomic E-state index is 0.0747. The number of aromatic nitrogens is 2.